The third kappa shape index (κ3) is 4.48. The summed E-state index contributed by atoms with van der Waals surface area (Å²) in [5.74, 6) is 0. The van der Waals surface area contributed by atoms with E-state index in [1.165, 1.54) is 4.31 Å². The zero-order chi connectivity index (χ0) is 18.4. The summed E-state index contributed by atoms with van der Waals surface area (Å²) < 4.78 is 31.8. The number of hydrogen-bond donors (Lipinski definition) is 1. The number of nitrogens with one attached hydrogen (secondary N) is 1. The van der Waals surface area contributed by atoms with Crippen LogP contribution in [0.4, 0.5) is 0 Å². The second kappa shape index (κ2) is 8.43. The highest BCUT2D eigenvalue weighted by Gasteiger charge is 2.25. The summed E-state index contributed by atoms with van der Waals surface area (Å²) in [5.41, 5.74) is 2.75. The van der Waals surface area contributed by atoms with Crippen LogP contribution in [0.25, 0.3) is 0 Å². The van der Waals surface area contributed by atoms with Gasteiger partial charge < -0.3 is 10.1 Å². The van der Waals surface area contributed by atoms with Crippen molar-refractivity contribution in [2.45, 2.75) is 18.0 Å². The van der Waals surface area contributed by atoms with E-state index in [-0.39, 0.29) is 0 Å². The Morgan fingerprint density at radius 2 is 1.50 bits per heavy atom. The third-order valence-corrected chi connectivity index (χ3v) is 6.19. The molecule has 0 saturated carbocycles. The van der Waals surface area contributed by atoms with Crippen molar-refractivity contribution in [1.29, 1.82) is 5.26 Å². The Balaban J connectivity index is 1.56. The predicted molar refractivity (Wildman–Crippen MR) is 97.7 cm³/mol. The van der Waals surface area contributed by atoms with Gasteiger partial charge in [-0.3, -0.25) is 0 Å². The van der Waals surface area contributed by atoms with Crippen molar-refractivity contribution >= 4 is 10.0 Å². The monoisotopic (exact) mass is 371 g/mol. The highest BCUT2D eigenvalue weighted by Crippen LogP contribution is 2.17. The Labute approximate surface area is 154 Å². The van der Waals surface area contributed by atoms with Crippen LogP contribution >= 0.6 is 0 Å². The van der Waals surface area contributed by atoms with Crippen LogP contribution in [0.15, 0.2) is 53.4 Å². The lowest BCUT2D eigenvalue weighted by Crippen LogP contribution is -2.40. The van der Waals surface area contributed by atoms with Crippen molar-refractivity contribution in [3.8, 4) is 6.07 Å². The molecule has 1 fully saturated rings. The maximum absolute atomic E-state index is 12.6. The van der Waals surface area contributed by atoms with Gasteiger partial charge in [0.25, 0.3) is 0 Å². The summed E-state index contributed by atoms with van der Waals surface area (Å²) in [6, 6.07) is 16.5. The molecule has 1 saturated heterocycles. The molecule has 2 aromatic rings. The van der Waals surface area contributed by atoms with Crippen LogP contribution in [0.1, 0.15) is 16.7 Å². The zero-order valence-electron chi connectivity index (χ0n) is 14.4. The van der Waals surface area contributed by atoms with Gasteiger partial charge in [-0.1, -0.05) is 24.3 Å². The number of nitrogens with zero attached hydrogens (tertiary/aromatic N) is 2. The number of benzene rings is 2. The van der Waals surface area contributed by atoms with E-state index in [4.69, 9.17) is 10.00 Å². The largest absolute Gasteiger partial charge is 0.379 e. The van der Waals surface area contributed by atoms with Crippen molar-refractivity contribution in [1.82, 2.24) is 9.62 Å². The predicted octanol–water partition coefficient (Wildman–Crippen LogP) is 1.87. The lowest BCUT2D eigenvalue weighted by molar-refractivity contribution is 0.0730. The quantitative estimate of drug-likeness (QED) is 0.838. The lowest BCUT2D eigenvalue weighted by Gasteiger charge is -2.26. The van der Waals surface area contributed by atoms with Crippen LogP contribution < -0.4 is 5.32 Å². The van der Waals surface area contributed by atoms with Crippen LogP contribution in [-0.2, 0) is 27.8 Å². The summed E-state index contributed by atoms with van der Waals surface area (Å²) in [4.78, 5) is 0.315. The topological polar surface area (TPSA) is 82.4 Å². The first kappa shape index (κ1) is 18.5. The van der Waals surface area contributed by atoms with Gasteiger partial charge in [0.2, 0.25) is 10.0 Å². The molecule has 136 valence electrons. The minimum atomic E-state index is -3.44. The summed E-state index contributed by atoms with van der Waals surface area (Å²) in [7, 11) is -3.44. The zero-order valence-corrected chi connectivity index (χ0v) is 15.2. The van der Waals surface area contributed by atoms with E-state index < -0.39 is 10.0 Å². The molecule has 1 N–H and O–H groups in total. The normalized spacial score (nSPS) is 15.5. The van der Waals surface area contributed by atoms with Crippen molar-refractivity contribution in [2.75, 3.05) is 26.3 Å². The molecule has 0 unspecified atom stereocenters. The molecule has 7 heteroatoms. The maximum Gasteiger partial charge on any atom is 0.243 e. The third-order valence-electron chi connectivity index (χ3n) is 4.27. The van der Waals surface area contributed by atoms with Crippen LogP contribution in [0, 0.1) is 11.3 Å². The molecule has 1 heterocycles. The van der Waals surface area contributed by atoms with Gasteiger partial charge in [-0.15, -0.1) is 0 Å². The van der Waals surface area contributed by atoms with Crippen molar-refractivity contribution in [3.05, 3.63) is 65.2 Å². The van der Waals surface area contributed by atoms with E-state index in [0.29, 0.717) is 49.9 Å². The van der Waals surface area contributed by atoms with E-state index in [9.17, 15) is 8.42 Å². The Hall–Kier alpha value is -2.24. The van der Waals surface area contributed by atoms with Crippen LogP contribution in [0.2, 0.25) is 0 Å². The fourth-order valence-corrected chi connectivity index (χ4v) is 4.17. The molecule has 26 heavy (non-hydrogen) atoms. The molecule has 0 spiro atoms. The van der Waals surface area contributed by atoms with E-state index >= 15 is 0 Å². The molecule has 2 aromatic carbocycles. The van der Waals surface area contributed by atoms with Crippen molar-refractivity contribution in [3.63, 3.8) is 0 Å². The molecular formula is C19H21N3O3S. The minimum Gasteiger partial charge on any atom is -0.379 e. The van der Waals surface area contributed by atoms with Gasteiger partial charge in [-0.2, -0.15) is 9.57 Å². The van der Waals surface area contributed by atoms with Crippen LogP contribution in [0.5, 0.6) is 0 Å². The first-order valence-electron chi connectivity index (χ1n) is 8.46. The molecule has 1 aliphatic heterocycles. The molecule has 6 nitrogen and oxygen atoms in total. The molecular weight excluding hydrogens is 350 g/mol. The fourth-order valence-electron chi connectivity index (χ4n) is 2.76. The number of ether oxygens (including phenoxy) is 1. The summed E-state index contributed by atoms with van der Waals surface area (Å²) in [6.45, 7) is 3.00. The van der Waals surface area contributed by atoms with Gasteiger partial charge in [-0.05, 0) is 35.4 Å². The second-order valence-corrected chi connectivity index (χ2v) is 8.01. The van der Waals surface area contributed by atoms with Crippen molar-refractivity contribution < 1.29 is 13.2 Å². The summed E-state index contributed by atoms with van der Waals surface area (Å²) >= 11 is 0. The van der Waals surface area contributed by atoms with Gasteiger partial charge in [0.15, 0.2) is 0 Å². The average molecular weight is 371 g/mol. The Kier molecular flexibility index (Phi) is 6.01. The molecule has 0 radical (unpaired) electrons. The lowest BCUT2D eigenvalue weighted by atomic mass is 10.1. The van der Waals surface area contributed by atoms with Gasteiger partial charge >= 0.3 is 0 Å². The highest BCUT2D eigenvalue weighted by atomic mass is 32.2. The summed E-state index contributed by atoms with van der Waals surface area (Å²) in [6.07, 6.45) is 0. The molecule has 0 amide bonds. The van der Waals surface area contributed by atoms with E-state index in [2.05, 4.69) is 11.4 Å². The Morgan fingerprint density at radius 3 is 2.04 bits per heavy atom. The molecule has 0 atom stereocenters. The number of sulfonamides is 1. The maximum atomic E-state index is 12.6. The standard InChI is InChI=1S/C19H21N3O3S/c20-13-16-1-3-17(4-2-16)14-21-15-18-5-7-19(8-6-18)26(23,24)22-9-11-25-12-10-22/h1-8,21H,9-12,14-15H2. The van der Waals surface area contributed by atoms with E-state index in [0.717, 1.165) is 11.1 Å². The Morgan fingerprint density at radius 1 is 0.962 bits per heavy atom. The average Bonchev–Trinajstić information content (AvgIpc) is 2.69. The SMILES string of the molecule is N#Cc1ccc(CNCc2ccc(S(=O)(=O)N3CCOCC3)cc2)cc1. The fraction of sp³-hybridized carbons (Fsp3) is 0.316. The first-order valence-corrected chi connectivity index (χ1v) is 9.90. The molecule has 0 aromatic heterocycles. The highest BCUT2D eigenvalue weighted by molar-refractivity contribution is 7.89. The minimum absolute atomic E-state index is 0.315. The number of hydrogen-bond acceptors (Lipinski definition) is 5. The number of nitriles is 1. The second-order valence-electron chi connectivity index (χ2n) is 6.07. The molecule has 0 bridgehead atoms. The molecule has 0 aliphatic carbocycles. The smallest absolute Gasteiger partial charge is 0.243 e. The van der Waals surface area contributed by atoms with E-state index in [1.807, 2.05) is 24.3 Å². The van der Waals surface area contributed by atoms with Gasteiger partial charge in [-0.25, -0.2) is 8.42 Å². The molecule has 1 aliphatic rings. The van der Waals surface area contributed by atoms with Crippen molar-refractivity contribution in [2.24, 2.45) is 0 Å². The molecule has 3 rings (SSSR count). The van der Waals surface area contributed by atoms with E-state index in [1.54, 1.807) is 24.3 Å². The van der Waals surface area contributed by atoms with Gasteiger partial charge in [0.1, 0.15) is 0 Å². The number of rotatable bonds is 6. The first-order chi connectivity index (χ1) is 12.6. The van der Waals surface area contributed by atoms with Gasteiger partial charge in [0.05, 0.1) is 29.7 Å². The van der Waals surface area contributed by atoms with Crippen LogP contribution in [0.3, 0.4) is 0 Å². The van der Waals surface area contributed by atoms with Gasteiger partial charge in [0, 0.05) is 26.2 Å². The number of morpholine rings is 1. The summed E-state index contributed by atoms with van der Waals surface area (Å²) in [5, 5.41) is 12.1. The Bertz CT molecular complexity index is 866. The van der Waals surface area contributed by atoms with Crippen LogP contribution in [-0.4, -0.2) is 39.0 Å².